The van der Waals surface area contributed by atoms with Crippen molar-refractivity contribution in [1.29, 1.82) is 0 Å². The molecule has 0 aliphatic rings. The molecule has 1 radical (unpaired) electrons. The van der Waals surface area contributed by atoms with Crippen LogP contribution in [0, 0.1) is 10.1 Å². The molecule has 1 aromatic rings. The Hall–Kier alpha value is -0.316. The molecule has 0 unspecified atom stereocenters. The Morgan fingerprint density at radius 2 is 2.08 bits per heavy atom. The first-order valence-corrected chi connectivity index (χ1v) is 3.35. The molecule has 65 valence electrons. The molecule has 0 bridgehead atoms. The van der Waals surface area contributed by atoms with Crippen LogP contribution in [0.15, 0.2) is 18.2 Å². The molecule has 1 aromatic carbocycles. The molecule has 0 aliphatic carbocycles. The molecule has 0 heterocycles. The molecule has 0 saturated carbocycles. The third-order valence-electron chi connectivity index (χ3n) is 1.27. The summed E-state index contributed by atoms with van der Waals surface area (Å²) in [4.78, 5) is 19.8. The maximum Gasteiger partial charge on any atom is 0.217 e. The first kappa shape index (κ1) is 12.7. The molecule has 0 spiro atoms. The summed E-state index contributed by atoms with van der Waals surface area (Å²) in [6.07, 6.45) is 1.50. The predicted molar refractivity (Wildman–Crippen MR) is 42.9 cm³/mol. The molecule has 4 nitrogen and oxygen atoms in total. The minimum absolute atomic E-state index is 0. The van der Waals surface area contributed by atoms with E-state index in [4.69, 9.17) is 11.6 Å². The van der Waals surface area contributed by atoms with E-state index in [1.54, 1.807) is 0 Å². The quantitative estimate of drug-likeness (QED) is 0.468. The SMILES string of the molecule is O=[C-]c1cc([N+](=O)[O-])ccc1Cl.[Y]. The van der Waals surface area contributed by atoms with E-state index in [-0.39, 0.29) is 49.0 Å². The Balaban J connectivity index is 0.00000144. The minimum atomic E-state index is -0.600. The van der Waals surface area contributed by atoms with E-state index >= 15 is 0 Å². The summed E-state index contributed by atoms with van der Waals surface area (Å²) in [6.45, 7) is 0. The van der Waals surface area contributed by atoms with Crippen LogP contribution >= 0.6 is 11.6 Å². The Morgan fingerprint density at radius 1 is 1.46 bits per heavy atom. The predicted octanol–water partition coefficient (Wildman–Crippen LogP) is 1.70. The fourth-order valence-electron chi connectivity index (χ4n) is 0.705. The standard InChI is InChI=1S/C7H3ClNO3.Y/c8-7-2-1-6(9(11)12)3-5(7)4-10;/h1-3H;/q-1;. The first-order chi connectivity index (χ1) is 5.65. The van der Waals surface area contributed by atoms with Gasteiger partial charge in [-0.3, -0.25) is 10.1 Å². The molecule has 0 aliphatic heterocycles. The van der Waals surface area contributed by atoms with Crippen LogP contribution in [0.1, 0.15) is 5.56 Å². The number of hydrogen-bond donors (Lipinski definition) is 0. The van der Waals surface area contributed by atoms with Crippen LogP contribution in [0.25, 0.3) is 0 Å². The molecule has 0 atom stereocenters. The molecular formula is C7H3ClNO3Y-. The number of nitrogens with zero attached hydrogens (tertiary/aromatic N) is 1. The van der Waals surface area contributed by atoms with Gasteiger partial charge in [0.05, 0.1) is 6.29 Å². The van der Waals surface area contributed by atoms with Gasteiger partial charge in [0.1, 0.15) is 0 Å². The third kappa shape index (κ3) is 3.14. The van der Waals surface area contributed by atoms with Gasteiger partial charge in [-0.15, -0.1) is 5.56 Å². The van der Waals surface area contributed by atoms with Crippen molar-refractivity contribution >= 4 is 23.6 Å². The van der Waals surface area contributed by atoms with Gasteiger partial charge in [-0.2, -0.15) is 11.6 Å². The summed E-state index contributed by atoms with van der Waals surface area (Å²) in [5.74, 6) is 0. The Labute approximate surface area is 104 Å². The van der Waals surface area contributed by atoms with Gasteiger partial charge in [-0.05, 0) is 6.07 Å². The van der Waals surface area contributed by atoms with Crippen molar-refractivity contribution in [3.05, 3.63) is 38.9 Å². The minimum Gasteiger partial charge on any atom is -0.376 e. The van der Waals surface area contributed by atoms with Gasteiger partial charge in [0, 0.05) is 37.6 Å². The van der Waals surface area contributed by atoms with Crippen LogP contribution in [0.4, 0.5) is 5.69 Å². The summed E-state index contributed by atoms with van der Waals surface area (Å²) in [5, 5.41) is 10.4. The monoisotopic (exact) mass is 273 g/mol. The van der Waals surface area contributed by atoms with E-state index in [9.17, 15) is 14.9 Å². The van der Waals surface area contributed by atoms with E-state index in [0.717, 1.165) is 6.07 Å². The van der Waals surface area contributed by atoms with Crippen molar-refractivity contribution in [2.45, 2.75) is 0 Å². The van der Waals surface area contributed by atoms with E-state index in [1.165, 1.54) is 18.4 Å². The topological polar surface area (TPSA) is 60.2 Å². The van der Waals surface area contributed by atoms with E-state index in [2.05, 4.69) is 0 Å². The van der Waals surface area contributed by atoms with E-state index < -0.39 is 4.92 Å². The first-order valence-electron chi connectivity index (χ1n) is 2.97. The van der Waals surface area contributed by atoms with Crippen molar-refractivity contribution in [1.82, 2.24) is 0 Å². The molecule has 0 saturated heterocycles. The van der Waals surface area contributed by atoms with Crippen molar-refractivity contribution in [3.8, 4) is 0 Å². The zero-order valence-electron chi connectivity index (χ0n) is 6.36. The van der Waals surface area contributed by atoms with Crippen LogP contribution in [-0.2, 0) is 37.5 Å². The van der Waals surface area contributed by atoms with Gasteiger partial charge >= 0.3 is 0 Å². The summed E-state index contributed by atoms with van der Waals surface area (Å²) in [5.41, 5.74) is -0.163. The van der Waals surface area contributed by atoms with Crippen LogP contribution in [-0.4, -0.2) is 11.2 Å². The second-order valence-corrected chi connectivity index (χ2v) is 2.43. The number of non-ortho nitro benzene ring substituents is 1. The van der Waals surface area contributed by atoms with Crippen LogP contribution in [0.5, 0.6) is 0 Å². The summed E-state index contributed by atoms with van der Waals surface area (Å²) in [6, 6.07) is 3.60. The van der Waals surface area contributed by atoms with Crippen molar-refractivity contribution in [2.75, 3.05) is 0 Å². The summed E-state index contributed by atoms with van der Waals surface area (Å²) >= 11 is 5.52. The molecule has 0 N–H and O–H groups in total. The molecule has 13 heavy (non-hydrogen) atoms. The number of carbonyl (C=O) groups excluding carboxylic acids is 1. The van der Waals surface area contributed by atoms with Crippen LogP contribution in [0.3, 0.4) is 0 Å². The van der Waals surface area contributed by atoms with Gasteiger partial charge in [0.2, 0.25) is 5.69 Å². The van der Waals surface area contributed by atoms with Gasteiger partial charge < -0.3 is 4.79 Å². The zero-order chi connectivity index (χ0) is 9.14. The number of hydrogen-bond acceptors (Lipinski definition) is 3. The second-order valence-electron chi connectivity index (χ2n) is 2.02. The largest absolute Gasteiger partial charge is 0.376 e. The molecule has 1 rings (SSSR count). The molecule has 0 fully saturated rings. The Morgan fingerprint density at radius 3 is 2.54 bits per heavy atom. The van der Waals surface area contributed by atoms with Gasteiger partial charge in [0.15, 0.2) is 0 Å². The molecular weight excluding hydrogens is 270 g/mol. The number of benzene rings is 1. The number of halogens is 1. The Bertz CT molecular complexity index is 343. The molecule has 6 heteroatoms. The van der Waals surface area contributed by atoms with Crippen molar-refractivity contribution < 1.29 is 42.4 Å². The van der Waals surface area contributed by atoms with Crippen molar-refractivity contribution in [3.63, 3.8) is 0 Å². The number of nitro groups is 1. The number of nitro benzene ring substituents is 1. The average Bonchev–Trinajstić information content (AvgIpc) is 2.05. The Kier molecular flexibility index (Phi) is 5.29. The second kappa shape index (κ2) is 5.42. The fraction of sp³-hybridized carbons (Fsp3) is 0. The smallest absolute Gasteiger partial charge is 0.217 e. The van der Waals surface area contributed by atoms with Gasteiger partial charge in [-0.25, -0.2) is 0 Å². The summed E-state index contributed by atoms with van der Waals surface area (Å²) in [7, 11) is 0. The van der Waals surface area contributed by atoms with E-state index in [1.807, 2.05) is 0 Å². The van der Waals surface area contributed by atoms with Crippen LogP contribution < -0.4 is 0 Å². The zero-order valence-corrected chi connectivity index (χ0v) is 9.95. The maximum absolute atomic E-state index is 10.2. The van der Waals surface area contributed by atoms with Crippen LogP contribution in [0.2, 0.25) is 5.02 Å². The fourth-order valence-corrected chi connectivity index (χ4v) is 0.861. The third-order valence-corrected chi connectivity index (χ3v) is 1.60. The van der Waals surface area contributed by atoms with Crippen molar-refractivity contribution in [2.24, 2.45) is 0 Å². The normalized spacial score (nSPS) is 8.69. The molecule has 0 amide bonds. The molecule has 0 aromatic heterocycles. The van der Waals surface area contributed by atoms with E-state index in [0.29, 0.717) is 0 Å². The number of rotatable bonds is 2. The average molecular weight is 273 g/mol. The van der Waals surface area contributed by atoms with Gasteiger partial charge in [-0.1, -0.05) is 17.2 Å². The van der Waals surface area contributed by atoms with Gasteiger partial charge in [0.25, 0.3) is 0 Å². The summed E-state index contributed by atoms with van der Waals surface area (Å²) < 4.78 is 0. The maximum atomic E-state index is 10.2.